The molecule has 0 bridgehead atoms. The van der Waals surface area contributed by atoms with Crippen LogP contribution in [0.25, 0.3) is 0 Å². The van der Waals surface area contributed by atoms with Gasteiger partial charge in [-0.3, -0.25) is 9.59 Å². The van der Waals surface area contributed by atoms with E-state index >= 15 is 0 Å². The number of esters is 1. The fourth-order valence-corrected chi connectivity index (χ4v) is 1.97. The number of rotatable bonds is 5. The number of amides is 1. The van der Waals surface area contributed by atoms with Crippen molar-refractivity contribution in [2.45, 2.75) is 26.4 Å². The van der Waals surface area contributed by atoms with Gasteiger partial charge in [0.25, 0.3) is 5.91 Å². The molecule has 1 amide bonds. The van der Waals surface area contributed by atoms with E-state index in [4.69, 9.17) is 4.74 Å². The Morgan fingerprint density at radius 3 is 2.43 bits per heavy atom. The van der Waals surface area contributed by atoms with E-state index in [0.29, 0.717) is 5.69 Å². The van der Waals surface area contributed by atoms with E-state index in [1.807, 2.05) is 19.1 Å². The summed E-state index contributed by atoms with van der Waals surface area (Å²) in [5.41, 5.74) is 1.94. The first-order chi connectivity index (χ1) is 11.0. The van der Waals surface area contributed by atoms with Crippen LogP contribution >= 0.6 is 0 Å². The Morgan fingerprint density at radius 1 is 1.13 bits per heavy atom. The molecule has 0 saturated heterocycles. The summed E-state index contributed by atoms with van der Waals surface area (Å²) in [7, 11) is 0. The van der Waals surface area contributed by atoms with Gasteiger partial charge in [-0.15, -0.1) is 0 Å². The van der Waals surface area contributed by atoms with E-state index < -0.39 is 23.8 Å². The van der Waals surface area contributed by atoms with Crippen molar-refractivity contribution >= 4 is 17.6 Å². The van der Waals surface area contributed by atoms with Gasteiger partial charge in [0, 0.05) is 5.69 Å². The topological polar surface area (TPSA) is 55.4 Å². The molecule has 1 N–H and O–H groups in total. The van der Waals surface area contributed by atoms with Gasteiger partial charge in [-0.1, -0.05) is 35.9 Å². The summed E-state index contributed by atoms with van der Waals surface area (Å²) in [6, 6.07) is 13.2. The molecule has 2 aromatic rings. The van der Waals surface area contributed by atoms with Gasteiger partial charge in [0.1, 0.15) is 5.82 Å². The molecule has 0 fully saturated rings. The number of carbonyl (C=O) groups is 2. The number of ether oxygens (including phenoxy) is 1. The maximum atomic E-state index is 13.5. The lowest BCUT2D eigenvalue weighted by atomic mass is 10.1. The maximum absolute atomic E-state index is 13.5. The number of nitrogens with one attached hydrogen (secondary N) is 1. The van der Waals surface area contributed by atoms with Gasteiger partial charge in [0.2, 0.25) is 0 Å². The zero-order chi connectivity index (χ0) is 16.8. The number of benzene rings is 2. The molecule has 4 nitrogen and oxygen atoms in total. The number of aryl methyl sites for hydroxylation is 1. The molecule has 0 spiro atoms. The first kappa shape index (κ1) is 16.7. The minimum absolute atomic E-state index is 0.213. The molecule has 0 heterocycles. The lowest BCUT2D eigenvalue weighted by molar-refractivity contribution is -0.152. The molecule has 23 heavy (non-hydrogen) atoms. The van der Waals surface area contributed by atoms with Crippen molar-refractivity contribution in [2.75, 3.05) is 5.32 Å². The van der Waals surface area contributed by atoms with Crippen LogP contribution in [0.15, 0.2) is 48.5 Å². The fraction of sp³-hybridized carbons (Fsp3) is 0.222. The number of hydrogen-bond acceptors (Lipinski definition) is 3. The molecule has 0 aliphatic carbocycles. The first-order valence-electron chi connectivity index (χ1n) is 7.26. The molecule has 1 atom stereocenters. The Kier molecular flexibility index (Phi) is 5.46. The number of carbonyl (C=O) groups excluding carboxylic acids is 2. The van der Waals surface area contributed by atoms with Crippen LogP contribution in [-0.4, -0.2) is 18.0 Å². The minimum atomic E-state index is -0.962. The van der Waals surface area contributed by atoms with Crippen LogP contribution in [0.4, 0.5) is 10.1 Å². The Hall–Kier alpha value is -2.69. The third kappa shape index (κ3) is 4.92. The van der Waals surface area contributed by atoms with Crippen LogP contribution in [0.5, 0.6) is 0 Å². The molecule has 0 unspecified atom stereocenters. The zero-order valence-electron chi connectivity index (χ0n) is 13.0. The van der Waals surface area contributed by atoms with E-state index in [1.54, 1.807) is 24.3 Å². The maximum Gasteiger partial charge on any atom is 0.311 e. The van der Waals surface area contributed by atoms with Crippen molar-refractivity contribution in [3.05, 3.63) is 65.5 Å². The molecule has 0 aliphatic rings. The molecule has 5 heteroatoms. The molecular formula is C18H18FNO3. The van der Waals surface area contributed by atoms with Crippen LogP contribution in [0, 0.1) is 12.7 Å². The van der Waals surface area contributed by atoms with Gasteiger partial charge in [-0.2, -0.15) is 0 Å². The summed E-state index contributed by atoms with van der Waals surface area (Å²) >= 11 is 0. The third-order valence-corrected chi connectivity index (χ3v) is 3.29. The molecular weight excluding hydrogens is 297 g/mol. The average Bonchev–Trinajstić information content (AvgIpc) is 2.51. The number of halogens is 1. The summed E-state index contributed by atoms with van der Waals surface area (Å²) in [5.74, 6) is -1.56. The number of anilines is 1. The highest BCUT2D eigenvalue weighted by atomic mass is 19.1. The normalized spacial score (nSPS) is 11.6. The van der Waals surface area contributed by atoms with Crippen LogP contribution in [0.1, 0.15) is 18.1 Å². The van der Waals surface area contributed by atoms with E-state index in [1.165, 1.54) is 19.1 Å². The minimum Gasteiger partial charge on any atom is -0.452 e. The fourth-order valence-electron chi connectivity index (χ4n) is 1.97. The highest BCUT2D eigenvalue weighted by Crippen LogP contribution is 2.11. The summed E-state index contributed by atoms with van der Waals surface area (Å²) in [6.07, 6.45) is -1.18. The van der Waals surface area contributed by atoms with Crippen molar-refractivity contribution in [2.24, 2.45) is 0 Å². The lowest BCUT2D eigenvalue weighted by Crippen LogP contribution is -2.30. The predicted molar refractivity (Wildman–Crippen MR) is 85.5 cm³/mol. The van der Waals surface area contributed by atoms with Crippen LogP contribution in [0.3, 0.4) is 0 Å². The van der Waals surface area contributed by atoms with E-state index in [9.17, 15) is 14.0 Å². The molecule has 0 aromatic heterocycles. The first-order valence-corrected chi connectivity index (χ1v) is 7.26. The summed E-state index contributed by atoms with van der Waals surface area (Å²) in [5, 5.41) is 2.66. The second-order valence-corrected chi connectivity index (χ2v) is 5.26. The predicted octanol–water partition coefficient (Wildman–Crippen LogP) is 3.25. The van der Waals surface area contributed by atoms with Crippen molar-refractivity contribution < 1.29 is 18.7 Å². The highest BCUT2D eigenvalue weighted by Gasteiger charge is 2.19. The third-order valence-electron chi connectivity index (χ3n) is 3.29. The van der Waals surface area contributed by atoms with Gasteiger partial charge >= 0.3 is 5.97 Å². The highest BCUT2D eigenvalue weighted by molar-refractivity contribution is 5.95. The van der Waals surface area contributed by atoms with E-state index in [0.717, 1.165) is 5.56 Å². The SMILES string of the molecule is Cc1ccc(NC(=O)[C@@H](C)OC(=O)Cc2ccccc2F)cc1. The van der Waals surface area contributed by atoms with E-state index in [-0.39, 0.29) is 12.0 Å². The van der Waals surface area contributed by atoms with Crippen LogP contribution in [-0.2, 0) is 20.7 Å². The van der Waals surface area contributed by atoms with Crippen molar-refractivity contribution in [3.8, 4) is 0 Å². The molecule has 2 aromatic carbocycles. The largest absolute Gasteiger partial charge is 0.452 e. The van der Waals surface area contributed by atoms with Crippen molar-refractivity contribution in [1.82, 2.24) is 0 Å². The lowest BCUT2D eigenvalue weighted by Gasteiger charge is -2.14. The average molecular weight is 315 g/mol. The summed E-state index contributed by atoms with van der Waals surface area (Å²) in [6.45, 7) is 3.42. The number of hydrogen-bond donors (Lipinski definition) is 1. The van der Waals surface area contributed by atoms with Gasteiger partial charge < -0.3 is 10.1 Å². The molecule has 0 saturated carbocycles. The molecule has 0 radical (unpaired) electrons. The smallest absolute Gasteiger partial charge is 0.311 e. The summed E-state index contributed by atoms with van der Waals surface area (Å²) in [4.78, 5) is 23.8. The van der Waals surface area contributed by atoms with Crippen LogP contribution < -0.4 is 5.32 Å². The zero-order valence-corrected chi connectivity index (χ0v) is 13.0. The Balaban J connectivity index is 1.89. The van der Waals surface area contributed by atoms with E-state index in [2.05, 4.69) is 5.32 Å². The molecule has 2 rings (SSSR count). The molecule has 0 aliphatic heterocycles. The van der Waals surface area contributed by atoms with Gasteiger partial charge in [-0.05, 0) is 37.6 Å². The van der Waals surface area contributed by atoms with Gasteiger partial charge in [0.15, 0.2) is 6.10 Å². The quantitative estimate of drug-likeness (QED) is 0.862. The van der Waals surface area contributed by atoms with Crippen molar-refractivity contribution in [1.29, 1.82) is 0 Å². The Morgan fingerprint density at radius 2 is 1.78 bits per heavy atom. The van der Waals surface area contributed by atoms with Gasteiger partial charge in [0.05, 0.1) is 6.42 Å². The van der Waals surface area contributed by atoms with Gasteiger partial charge in [-0.25, -0.2) is 4.39 Å². The van der Waals surface area contributed by atoms with Crippen LogP contribution in [0.2, 0.25) is 0 Å². The second-order valence-electron chi connectivity index (χ2n) is 5.26. The summed E-state index contributed by atoms with van der Waals surface area (Å²) < 4.78 is 18.5. The van der Waals surface area contributed by atoms with Crippen molar-refractivity contribution in [3.63, 3.8) is 0 Å². The standard InChI is InChI=1S/C18H18FNO3/c1-12-7-9-15(10-8-12)20-18(22)13(2)23-17(21)11-14-5-3-4-6-16(14)19/h3-10,13H,11H2,1-2H3,(H,20,22)/t13-/m1/s1. The Labute approximate surface area is 134 Å². The monoisotopic (exact) mass is 315 g/mol. The second kappa shape index (κ2) is 7.54. The Bertz CT molecular complexity index is 698. The molecule has 120 valence electrons.